The zero-order chi connectivity index (χ0) is 14.9. The van der Waals surface area contributed by atoms with E-state index < -0.39 is 0 Å². The molecule has 3 heteroatoms. The van der Waals surface area contributed by atoms with E-state index in [1.54, 1.807) is 19.2 Å². The topological polar surface area (TPSA) is 45.0 Å². The molecule has 0 aromatic heterocycles. The van der Waals surface area contributed by atoms with Gasteiger partial charge in [0.25, 0.3) is 0 Å². The van der Waals surface area contributed by atoms with Crippen LogP contribution in [0.25, 0.3) is 0 Å². The predicted molar refractivity (Wildman–Crippen MR) is 85.6 cm³/mol. The Bertz CT molecular complexity index is 602. The molecule has 0 aliphatic heterocycles. The SMILES string of the molecule is COc1cc(C#N)ccc1NCCCCc1ccccc1. The zero-order valence-corrected chi connectivity index (χ0v) is 12.3. The summed E-state index contributed by atoms with van der Waals surface area (Å²) in [5.41, 5.74) is 2.94. The second kappa shape index (κ2) is 7.96. The van der Waals surface area contributed by atoms with Crippen LogP contribution < -0.4 is 10.1 Å². The van der Waals surface area contributed by atoms with Gasteiger partial charge in [0, 0.05) is 12.6 Å². The molecule has 2 aromatic rings. The summed E-state index contributed by atoms with van der Waals surface area (Å²) in [6.07, 6.45) is 3.35. The molecule has 108 valence electrons. The van der Waals surface area contributed by atoms with Crippen LogP contribution in [-0.2, 0) is 6.42 Å². The second-order valence-electron chi connectivity index (χ2n) is 4.90. The van der Waals surface area contributed by atoms with Crippen molar-refractivity contribution in [3.8, 4) is 11.8 Å². The van der Waals surface area contributed by atoms with Gasteiger partial charge in [-0.25, -0.2) is 0 Å². The van der Waals surface area contributed by atoms with E-state index in [1.807, 2.05) is 12.1 Å². The molecule has 0 spiro atoms. The Kier molecular flexibility index (Phi) is 5.66. The molecule has 1 N–H and O–H groups in total. The van der Waals surface area contributed by atoms with E-state index in [1.165, 1.54) is 5.56 Å². The monoisotopic (exact) mass is 280 g/mol. The maximum Gasteiger partial charge on any atom is 0.143 e. The van der Waals surface area contributed by atoms with Gasteiger partial charge in [-0.1, -0.05) is 30.3 Å². The van der Waals surface area contributed by atoms with Gasteiger partial charge >= 0.3 is 0 Å². The van der Waals surface area contributed by atoms with E-state index in [-0.39, 0.29) is 0 Å². The summed E-state index contributed by atoms with van der Waals surface area (Å²) in [5, 5.41) is 12.2. The molecule has 0 atom stereocenters. The number of hydrogen-bond acceptors (Lipinski definition) is 3. The van der Waals surface area contributed by atoms with Crippen molar-refractivity contribution < 1.29 is 4.74 Å². The molecule has 0 unspecified atom stereocenters. The molecule has 0 bridgehead atoms. The molecule has 0 amide bonds. The number of ether oxygens (including phenoxy) is 1. The van der Waals surface area contributed by atoms with Crippen LogP contribution in [0.4, 0.5) is 5.69 Å². The number of methoxy groups -OCH3 is 1. The number of nitrogens with zero attached hydrogens (tertiary/aromatic N) is 1. The van der Waals surface area contributed by atoms with Gasteiger partial charge in [0.1, 0.15) is 5.75 Å². The van der Waals surface area contributed by atoms with Crippen molar-refractivity contribution in [2.75, 3.05) is 19.0 Å². The Labute approximate surface area is 126 Å². The Morgan fingerprint density at radius 2 is 1.90 bits per heavy atom. The van der Waals surface area contributed by atoms with Crippen molar-refractivity contribution in [2.24, 2.45) is 0 Å². The highest BCUT2D eigenvalue weighted by Gasteiger charge is 2.03. The Hall–Kier alpha value is -2.47. The third kappa shape index (κ3) is 4.54. The fourth-order valence-corrected chi connectivity index (χ4v) is 2.23. The van der Waals surface area contributed by atoms with Crippen LogP contribution in [-0.4, -0.2) is 13.7 Å². The molecule has 3 nitrogen and oxygen atoms in total. The Morgan fingerprint density at radius 3 is 2.62 bits per heavy atom. The zero-order valence-electron chi connectivity index (χ0n) is 12.3. The minimum atomic E-state index is 0.612. The molecule has 0 saturated heterocycles. The highest BCUT2D eigenvalue weighted by atomic mass is 16.5. The van der Waals surface area contributed by atoms with Gasteiger partial charge in [0.05, 0.1) is 24.4 Å². The number of rotatable bonds is 7. The summed E-state index contributed by atoms with van der Waals surface area (Å²) >= 11 is 0. The van der Waals surface area contributed by atoms with Gasteiger partial charge in [-0.2, -0.15) is 5.26 Å². The van der Waals surface area contributed by atoms with E-state index in [0.29, 0.717) is 5.56 Å². The summed E-state index contributed by atoms with van der Waals surface area (Å²) in [4.78, 5) is 0. The average molecular weight is 280 g/mol. The fourth-order valence-electron chi connectivity index (χ4n) is 2.23. The van der Waals surface area contributed by atoms with Crippen molar-refractivity contribution in [1.82, 2.24) is 0 Å². The molecule has 21 heavy (non-hydrogen) atoms. The first-order valence-corrected chi connectivity index (χ1v) is 7.19. The minimum absolute atomic E-state index is 0.612. The summed E-state index contributed by atoms with van der Waals surface area (Å²) in [7, 11) is 1.62. The van der Waals surface area contributed by atoms with Crippen LogP contribution in [0.2, 0.25) is 0 Å². The lowest BCUT2D eigenvalue weighted by molar-refractivity contribution is 0.416. The van der Waals surface area contributed by atoms with Gasteiger partial charge in [-0.05, 0) is 37.0 Å². The smallest absolute Gasteiger partial charge is 0.143 e. The summed E-state index contributed by atoms with van der Waals surface area (Å²) in [6, 6.07) is 18.1. The van der Waals surface area contributed by atoms with Crippen LogP contribution in [0.3, 0.4) is 0 Å². The molecule has 0 saturated carbocycles. The lowest BCUT2D eigenvalue weighted by atomic mass is 10.1. The first-order valence-electron chi connectivity index (χ1n) is 7.19. The summed E-state index contributed by atoms with van der Waals surface area (Å²) < 4.78 is 5.30. The highest BCUT2D eigenvalue weighted by Crippen LogP contribution is 2.25. The van der Waals surface area contributed by atoms with Crippen LogP contribution >= 0.6 is 0 Å². The minimum Gasteiger partial charge on any atom is -0.495 e. The third-order valence-electron chi connectivity index (χ3n) is 3.38. The number of nitrogens with one attached hydrogen (secondary N) is 1. The first-order chi connectivity index (χ1) is 10.3. The van der Waals surface area contributed by atoms with Crippen LogP contribution in [0.15, 0.2) is 48.5 Å². The van der Waals surface area contributed by atoms with Gasteiger partial charge in [0.2, 0.25) is 0 Å². The molecule has 2 aromatic carbocycles. The van der Waals surface area contributed by atoms with E-state index in [0.717, 1.165) is 37.2 Å². The maximum absolute atomic E-state index is 8.88. The van der Waals surface area contributed by atoms with Crippen LogP contribution in [0.1, 0.15) is 24.0 Å². The largest absolute Gasteiger partial charge is 0.495 e. The summed E-state index contributed by atoms with van der Waals surface area (Å²) in [5.74, 6) is 0.720. The number of aryl methyl sites for hydroxylation is 1. The average Bonchev–Trinajstić information content (AvgIpc) is 2.55. The molecule has 0 radical (unpaired) electrons. The maximum atomic E-state index is 8.88. The van der Waals surface area contributed by atoms with Crippen molar-refractivity contribution in [3.63, 3.8) is 0 Å². The van der Waals surface area contributed by atoms with Gasteiger partial charge in [0.15, 0.2) is 0 Å². The molecule has 2 rings (SSSR count). The molecule has 0 fully saturated rings. The predicted octanol–water partition coefficient (Wildman–Crippen LogP) is 4.00. The Balaban J connectivity index is 1.77. The van der Waals surface area contributed by atoms with Crippen molar-refractivity contribution >= 4 is 5.69 Å². The van der Waals surface area contributed by atoms with E-state index in [4.69, 9.17) is 10.00 Å². The first kappa shape index (κ1) is 14.9. The number of hydrogen-bond donors (Lipinski definition) is 1. The third-order valence-corrected chi connectivity index (χ3v) is 3.38. The van der Waals surface area contributed by atoms with E-state index in [9.17, 15) is 0 Å². The normalized spacial score (nSPS) is 9.90. The Morgan fingerprint density at radius 1 is 1.10 bits per heavy atom. The van der Waals surface area contributed by atoms with E-state index >= 15 is 0 Å². The molecule has 0 heterocycles. The summed E-state index contributed by atoms with van der Waals surface area (Å²) in [6.45, 7) is 0.898. The fraction of sp³-hybridized carbons (Fsp3) is 0.278. The number of unbranched alkanes of at least 4 members (excludes halogenated alkanes) is 1. The lowest BCUT2D eigenvalue weighted by Gasteiger charge is -2.11. The van der Waals surface area contributed by atoms with Crippen LogP contribution in [0.5, 0.6) is 5.75 Å². The second-order valence-corrected chi connectivity index (χ2v) is 4.90. The standard InChI is InChI=1S/C18H20N2O/c1-21-18-13-16(14-19)10-11-17(18)20-12-6-5-9-15-7-3-2-4-8-15/h2-4,7-8,10-11,13,20H,5-6,9,12H2,1H3. The van der Waals surface area contributed by atoms with Gasteiger partial charge in [-0.15, -0.1) is 0 Å². The molecular weight excluding hydrogens is 260 g/mol. The molecule has 0 aliphatic carbocycles. The highest BCUT2D eigenvalue weighted by molar-refractivity contribution is 5.59. The number of benzene rings is 2. The van der Waals surface area contributed by atoms with Crippen molar-refractivity contribution in [2.45, 2.75) is 19.3 Å². The van der Waals surface area contributed by atoms with E-state index in [2.05, 4.69) is 35.7 Å². The van der Waals surface area contributed by atoms with Crippen LogP contribution in [0, 0.1) is 11.3 Å². The molecular formula is C18H20N2O. The number of anilines is 1. The van der Waals surface area contributed by atoms with Crippen molar-refractivity contribution in [3.05, 3.63) is 59.7 Å². The molecule has 0 aliphatic rings. The van der Waals surface area contributed by atoms with Gasteiger partial charge < -0.3 is 10.1 Å². The number of nitriles is 1. The quantitative estimate of drug-likeness (QED) is 0.780. The van der Waals surface area contributed by atoms with Crippen molar-refractivity contribution in [1.29, 1.82) is 5.26 Å². The lowest BCUT2D eigenvalue weighted by Crippen LogP contribution is -2.04. The van der Waals surface area contributed by atoms with Gasteiger partial charge in [-0.3, -0.25) is 0 Å².